The maximum Gasteiger partial charge on any atom is 0.326 e. The predicted octanol–water partition coefficient (Wildman–Crippen LogP) is 0.0638. The van der Waals surface area contributed by atoms with Gasteiger partial charge in [0.25, 0.3) is 5.91 Å². The highest BCUT2D eigenvalue weighted by atomic mass is 32.2. The van der Waals surface area contributed by atoms with Gasteiger partial charge in [-0.2, -0.15) is 8.42 Å². The van der Waals surface area contributed by atoms with Crippen LogP contribution < -0.4 is 13.8 Å². The van der Waals surface area contributed by atoms with Crippen molar-refractivity contribution >= 4 is 27.6 Å². The monoisotopic (exact) mass is 402 g/mol. The number of fused-ring (bicyclic) bond motifs is 1. The number of amides is 1. The number of Topliss-reactive ketones (excluding diaryl/α,β-unsaturated/α-hetero) is 1. The molecule has 0 radical (unpaired) electrons. The minimum atomic E-state index is -4.25. The predicted molar refractivity (Wildman–Crippen MR) is 91.2 cm³/mol. The van der Waals surface area contributed by atoms with Gasteiger partial charge in [0, 0.05) is 25.5 Å². The van der Waals surface area contributed by atoms with Crippen LogP contribution in [0.25, 0.3) is 0 Å². The van der Waals surface area contributed by atoms with E-state index in [0.717, 1.165) is 0 Å². The Morgan fingerprint density at radius 1 is 1.26 bits per heavy atom. The van der Waals surface area contributed by atoms with E-state index in [2.05, 4.69) is 0 Å². The summed E-state index contributed by atoms with van der Waals surface area (Å²) < 4.78 is 57.4. The lowest BCUT2D eigenvalue weighted by Crippen LogP contribution is -2.31. The van der Waals surface area contributed by atoms with Crippen molar-refractivity contribution in [3.63, 3.8) is 0 Å². The van der Waals surface area contributed by atoms with E-state index in [0.29, 0.717) is 22.9 Å². The van der Waals surface area contributed by atoms with Gasteiger partial charge in [0.2, 0.25) is 0 Å². The summed E-state index contributed by atoms with van der Waals surface area (Å²) in [6, 6.07) is 1.50. The molecule has 1 aliphatic heterocycles. The molecule has 0 atom stereocenters. The van der Waals surface area contributed by atoms with Crippen LogP contribution in [0.15, 0.2) is 6.07 Å². The number of nitrogens with zero attached hydrogens (tertiary/aromatic N) is 1. The molecular weight excluding hydrogens is 383 g/mol. The molecule has 0 bridgehead atoms. The quantitative estimate of drug-likeness (QED) is 0.507. The topological polar surface area (TPSA) is 111 Å². The summed E-state index contributed by atoms with van der Waals surface area (Å²) in [4.78, 5) is 23.3. The van der Waals surface area contributed by atoms with E-state index in [1.54, 1.807) is 4.72 Å². The molecule has 0 saturated carbocycles. The third kappa shape index (κ3) is 4.04. The van der Waals surface area contributed by atoms with E-state index in [9.17, 15) is 18.0 Å². The zero-order valence-electron chi connectivity index (χ0n) is 14.6. The van der Waals surface area contributed by atoms with Crippen LogP contribution in [-0.4, -0.2) is 53.8 Å². The number of rotatable bonds is 7. The summed E-state index contributed by atoms with van der Waals surface area (Å²) in [5.74, 6) is -1.88. The second kappa shape index (κ2) is 7.79. The van der Waals surface area contributed by atoms with Crippen LogP contribution in [0.5, 0.6) is 5.75 Å². The zero-order chi connectivity index (χ0) is 19.6. The summed E-state index contributed by atoms with van der Waals surface area (Å²) in [5, 5.41) is 0. The first-order chi connectivity index (χ1) is 12.8. The minimum absolute atomic E-state index is 0.0712. The van der Waals surface area contributed by atoms with Crippen LogP contribution in [-0.2, 0) is 42.1 Å². The van der Waals surface area contributed by atoms with Crippen LogP contribution in [0.3, 0.4) is 0 Å². The maximum absolute atomic E-state index is 15.2. The number of anilines is 1. The first kappa shape index (κ1) is 19.5. The molecule has 1 aromatic carbocycles. The van der Waals surface area contributed by atoms with Gasteiger partial charge < -0.3 is 14.2 Å². The molecule has 27 heavy (non-hydrogen) atoms. The molecule has 0 spiro atoms. The van der Waals surface area contributed by atoms with Crippen LogP contribution in [0.4, 0.5) is 10.1 Å². The van der Waals surface area contributed by atoms with E-state index in [1.807, 2.05) is 0 Å². The minimum Gasteiger partial charge on any atom is -0.465 e. The number of nitrogens with one attached hydrogen (secondary N) is 1. The van der Waals surface area contributed by atoms with Crippen molar-refractivity contribution < 1.29 is 36.6 Å². The molecule has 1 amide bonds. The Hall–Kier alpha value is -2.24. The fourth-order valence-electron chi connectivity index (χ4n) is 2.97. The van der Waals surface area contributed by atoms with Crippen LogP contribution in [0.2, 0.25) is 0 Å². The van der Waals surface area contributed by atoms with Crippen LogP contribution >= 0.6 is 0 Å². The molecule has 11 heteroatoms. The molecule has 1 heterocycles. The Balaban J connectivity index is 1.99. The van der Waals surface area contributed by atoms with Crippen LogP contribution in [0, 0.1) is 5.82 Å². The first-order valence-electron chi connectivity index (χ1n) is 8.22. The van der Waals surface area contributed by atoms with Crippen molar-refractivity contribution in [1.29, 1.82) is 0 Å². The average molecular weight is 402 g/mol. The number of methoxy groups -OCH3 is 1. The van der Waals surface area contributed by atoms with Gasteiger partial charge in [0.15, 0.2) is 12.6 Å². The van der Waals surface area contributed by atoms with E-state index in [1.165, 1.54) is 13.2 Å². The lowest BCUT2D eigenvalue weighted by Gasteiger charge is -2.24. The molecule has 1 aromatic rings. The Labute approximate surface area is 155 Å². The zero-order valence-corrected chi connectivity index (χ0v) is 15.4. The molecule has 1 saturated heterocycles. The number of hydrogen-bond acceptors (Lipinski definition) is 7. The first-order valence-corrected chi connectivity index (χ1v) is 9.66. The molecule has 0 aromatic heterocycles. The highest BCUT2D eigenvalue weighted by molar-refractivity contribution is 7.92. The van der Waals surface area contributed by atoms with Crippen molar-refractivity contribution in [3.8, 4) is 5.75 Å². The molecule has 2 aliphatic rings. The van der Waals surface area contributed by atoms with Gasteiger partial charge >= 0.3 is 10.2 Å². The molecule has 1 aliphatic carbocycles. The molecule has 9 nitrogen and oxygen atoms in total. The van der Waals surface area contributed by atoms with E-state index in [-0.39, 0.29) is 43.3 Å². The molecule has 1 fully saturated rings. The van der Waals surface area contributed by atoms with Gasteiger partial charge in [-0.1, -0.05) is 0 Å². The third-order valence-corrected chi connectivity index (χ3v) is 5.62. The smallest absolute Gasteiger partial charge is 0.326 e. The lowest BCUT2D eigenvalue weighted by molar-refractivity contribution is -0.119. The average Bonchev–Trinajstić information content (AvgIpc) is 2.87. The van der Waals surface area contributed by atoms with Crippen molar-refractivity contribution in [2.24, 2.45) is 0 Å². The second-order valence-corrected chi connectivity index (χ2v) is 7.69. The van der Waals surface area contributed by atoms with Gasteiger partial charge in [-0.05, 0) is 18.1 Å². The summed E-state index contributed by atoms with van der Waals surface area (Å²) in [7, 11) is -2.74. The second-order valence-electron chi connectivity index (χ2n) is 6.09. The molecule has 0 unspecified atom stereocenters. The summed E-state index contributed by atoms with van der Waals surface area (Å²) in [5.41, 5.74) is 0.291. The molecular formula is C16H19FN2O7S. The fourth-order valence-corrected chi connectivity index (χ4v) is 4.13. The summed E-state index contributed by atoms with van der Waals surface area (Å²) in [6.45, 7) is -0.277. The number of carbonyl (C=O) groups is 2. The number of hydrogen-bond donors (Lipinski definition) is 1. The van der Waals surface area contributed by atoms with Gasteiger partial charge in [-0.25, -0.2) is 13.4 Å². The Morgan fingerprint density at radius 2 is 2.04 bits per heavy atom. The Morgan fingerprint density at radius 3 is 2.70 bits per heavy atom. The van der Waals surface area contributed by atoms with Gasteiger partial charge in [0.05, 0.1) is 13.2 Å². The van der Waals surface area contributed by atoms with Gasteiger partial charge in [-0.3, -0.25) is 9.59 Å². The lowest BCUT2D eigenvalue weighted by atomic mass is 9.89. The third-order valence-electron chi connectivity index (χ3n) is 4.25. The van der Waals surface area contributed by atoms with Gasteiger partial charge in [-0.15, -0.1) is 0 Å². The number of carbonyl (C=O) groups excluding carboxylic acids is 2. The van der Waals surface area contributed by atoms with Crippen molar-refractivity contribution in [2.75, 3.05) is 38.0 Å². The fraction of sp³-hybridized carbons (Fsp3) is 0.500. The van der Waals surface area contributed by atoms with E-state index >= 15 is 4.39 Å². The van der Waals surface area contributed by atoms with Crippen molar-refractivity contribution in [1.82, 2.24) is 4.72 Å². The van der Waals surface area contributed by atoms with Crippen LogP contribution in [0.1, 0.15) is 17.5 Å². The number of halogens is 1. The number of benzene rings is 1. The normalized spacial score (nSPS) is 18.4. The number of ether oxygens (including phenoxy) is 3. The Bertz CT molecular complexity index is 872. The highest BCUT2D eigenvalue weighted by Crippen LogP contribution is 2.39. The highest BCUT2D eigenvalue weighted by Gasteiger charge is 2.39. The SMILES string of the molecule is COCCOCOc1cc2c(c(F)c1N1CC(=O)NS1(=O)=O)CC(=O)CC2. The maximum atomic E-state index is 15.2. The van der Waals surface area contributed by atoms with E-state index in [4.69, 9.17) is 14.2 Å². The Kier molecular flexibility index (Phi) is 5.63. The van der Waals surface area contributed by atoms with Crippen molar-refractivity contribution in [3.05, 3.63) is 23.0 Å². The number of aryl methyl sites for hydroxylation is 1. The van der Waals surface area contributed by atoms with E-state index < -0.39 is 34.2 Å². The molecule has 3 rings (SSSR count). The molecule has 1 N–H and O–H groups in total. The summed E-state index contributed by atoms with van der Waals surface area (Å²) in [6.07, 6.45) is 0.474. The van der Waals surface area contributed by atoms with Crippen molar-refractivity contribution in [2.45, 2.75) is 19.3 Å². The van der Waals surface area contributed by atoms with Gasteiger partial charge in [0.1, 0.15) is 23.8 Å². The summed E-state index contributed by atoms with van der Waals surface area (Å²) >= 11 is 0. The standard InChI is InChI=1S/C16H19FN2O7S/c1-24-4-5-25-9-26-13-6-10-2-3-11(20)7-12(10)15(17)16(13)19-8-14(21)18-27(19,22)23/h6H,2-5,7-9H2,1H3,(H,18,21). The molecule has 148 valence electrons. The number of ketones is 1. The largest absolute Gasteiger partial charge is 0.465 e.